The van der Waals surface area contributed by atoms with E-state index in [0.29, 0.717) is 25.3 Å². The third-order valence-electron chi connectivity index (χ3n) is 2.81. The largest absolute Gasteiger partial charge is 0.494 e. The van der Waals surface area contributed by atoms with Gasteiger partial charge in [0.1, 0.15) is 5.75 Å². The van der Waals surface area contributed by atoms with Crippen LogP contribution in [0, 0.1) is 0 Å². The first-order valence-corrected chi connectivity index (χ1v) is 6.58. The minimum atomic E-state index is -0.576. The fraction of sp³-hybridized carbons (Fsp3) is 0.357. The van der Waals surface area contributed by atoms with Crippen LogP contribution in [0.4, 0.5) is 5.69 Å². The average Bonchev–Trinajstić information content (AvgIpc) is 2.84. The van der Waals surface area contributed by atoms with Gasteiger partial charge in [-0.05, 0) is 31.2 Å². The lowest BCUT2D eigenvalue weighted by molar-refractivity contribution is 0.187. The molecule has 1 unspecified atom stereocenters. The molecule has 4 N–H and O–H groups in total. The summed E-state index contributed by atoms with van der Waals surface area (Å²) in [6, 6.07) is 7.55. The van der Waals surface area contributed by atoms with Crippen molar-refractivity contribution < 1.29 is 9.84 Å². The molecular formula is C14H19N3O3. The Hall–Kier alpha value is -2.21. The highest BCUT2D eigenvalue weighted by Gasteiger charge is 2.07. The molecule has 0 saturated carbocycles. The molecule has 2 rings (SSSR count). The van der Waals surface area contributed by atoms with Crippen molar-refractivity contribution in [1.82, 2.24) is 9.97 Å². The first-order valence-electron chi connectivity index (χ1n) is 6.58. The molecule has 0 aliphatic carbocycles. The second-order valence-corrected chi connectivity index (χ2v) is 4.46. The van der Waals surface area contributed by atoms with E-state index in [0.717, 1.165) is 11.4 Å². The molecule has 0 amide bonds. The van der Waals surface area contributed by atoms with Crippen LogP contribution in [-0.2, 0) is 6.42 Å². The van der Waals surface area contributed by atoms with E-state index < -0.39 is 6.10 Å². The predicted octanol–water partition coefficient (Wildman–Crippen LogP) is 1.12. The lowest BCUT2D eigenvalue weighted by atomic mass is 10.2. The number of H-pyrrole nitrogens is 2. The number of rotatable bonds is 7. The van der Waals surface area contributed by atoms with Gasteiger partial charge >= 0.3 is 5.69 Å². The summed E-state index contributed by atoms with van der Waals surface area (Å²) >= 11 is 0. The molecule has 20 heavy (non-hydrogen) atoms. The number of nitrogens with one attached hydrogen (secondary N) is 3. The second-order valence-electron chi connectivity index (χ2n) is 4.46. The number of imidazole rings is 1. The van der Waals surface area contributed by atoms with Crippen LogP contribution < -0.4 is 15.7 Å². The van der Waals surface area contributed by atoms with E-state index in [1.54, 1.807) is 6.20 Å². The van der Waals surface area contributed by atoms with Crippen molar-refractivity contribution in [2.75, 3.05) is 18.5 Å². The van der Waals surface area contributed by atoms with Gasteiger partial charge in [-0.15, -0.1) is 0 Å². The molecule has 1 aromatic heterocycles. The van der Waals surface area contributed by atoms with Crippen LogP contribution in [0.2, 0.25) is 0 Å². The molecule has 0 saturated heterocycles. The first kappa shape index (κ1) is 14.2. The first-order chi connectivity index (χ1) is 9.67. The van der Waals surface area contributed by atoms with Crippen molar-refractivity contribution in [3.63, 3.8) is 0 Å². The molecule has 0 radical (unpaired) electrons. The molecule has 0 aliphatic heterocycles. The standard InChI is InChI=1S/C14H19N3O3/c1-2-20-13-5-3-10(4-6-13)15-9-12(18)7-11-8-16-14(19)17-11/h3-6,8,12,15,18H,2,7,9H2,1H3,(H2,16,17,19). The highest BCUT2D eigenvalue weighted by atomic mass is 16.5. The molecule has 0 bridgehead atoms. The molecular weight excluding hydrogens is 258 g/mol. The highest BCUT2D eigenvalue weighted by Crippen LogP contribution is 2.15. The molecule has 6 nitrogen and oxygen atoms in total. The van der Waals surface area contributed by atoms with E-state index in [-0.39, 0.29) is 5.69 Å². The van der Waals surface area contributed by atoms with Crippen LogP contribution in [-0.4, -0.2) is 34.3 Å². The van der Waals surface area contributed by atoms with E-state index >= 15 is 0 Å². The van der Waals surface area contributed by atoms with Crippen molar-refractivity contribution in [2.24, 2.45) is 0 Å². The Labute approximate surface area is 116 Å². The summed E-state index contributed by atoms with van der Waals surface area (Å²) in [5.74, 6) is 0.823. The SMILES string of the molecule is CCOc1ccc(NCC(O)Cc2c[nH]c(=O)[nH]2)cc1. The quantitative estimate of drug-likeness (QED) is 0.610. The van der Waals surface area contributed by atoms with Crippen molar-refractivity contribution in [3.8, 4) is 5.75 Å². The normalized spacial score (nSPS) is 12.1. The van der Waals surface area contributed by atoms with Gasteiger partial charge in [0.05, 0.1) is 12.7 Å². The minimum absolute atomic E-state index is 0.258. The Balaban J connectivity index is 1.80. The van der Waals surface area contributed by atoms with Crippen LogP contribution in [0.25, 0.3) is 0 Å². The minimum Gasteiger partial charge on any atom is -0.494 e. The number of aliphatic hydroxyl groups is 1. The van der Waals surface area contributed by atoms with Crippen LogP contribution in [0.5, 0.6) is 5.75 Å². The lowest BCUT2D eigenvalue weighted by Crippen LogP contribution is -2.22. The molecule has 0 fully saturated rings. The molecule has 0 aliphatic rings. The number of hydrogen-bond acceptors (Lipinski definition) is 4. The monoisotopic (exact) mass is 277 g/mol. The predicted molar refractivity (Wildman–Crippen MR) is 77.2 cm³/mol. The number of aromatic amines is 2. The number of anilines is 1. The fourth-order valence-electron chi connectivity index (χ4n) is 1.88. The maximum atomic E-state index is 10.9. The summed E-state index contributed by atoms with van der Waals surface area (Å²) in [5.41, 5.74) is 1.35. The topological polar surface area (TPSA) is 90.1 Å². The molecule has 1 heterocycles. The van der Waals surface area contributed by atoms with Gasteiger partial charge in [-0.3, -0.25) is 0 Å². The molecule has 1 aromatic carbocycles. The van der Waals surface area contributed by atoms with Crippen molar-refractivity contribution in [3.05, 3.63) is 46.6 Å². The number of benzene rings is 1. The Morgan fingerprint density at radius 3 is 2.70 bits per heavy atom. The van der Waals surface area contributed by atoms with Crippen LogP contribution in [0.1, 0.15) is 12.6 Å². The van der Waals surface area contributed by atoms with Crippen molar-refractivity contribution >= 4 is 5.69 Å². The highest BCUT2D eigenvalue weighted by molar-refractivity contribution is 5.46. The summed E-state index contributed by atoms with van der Waals surface area (Å²) < 4.78 is 5.35. The van der Waals surface area contributed by atoms with Gasteiger partial charge in [-0.1, -0.05) is 0 Å². The summed E-state index contributed by atoms with van der Waals surface area (Å²) in [5, 5.41) is 13.0. The Morgan fingerprint density at radius 2 is 2.10 bits per heavy atom. The molecule has 108 valence electrons. The maximum Gasteiger partial charge on any atom is 0.323 e. The van der Waals surface area contributed by atoms with Gasteiger partial charge in [0, 0.05) is 30.5 Å². The van der Waals surface area contributed by atoms with Gasteiger partial charge in [0.25, 0.3) is 0 Å². The zero-order valence-corrected chi connectivity index (χ0v) is 11.3. The van der Waals surface area contributed by atoms with Crippen LogP contribution in [0.15, 0.2) is 35.3 Å². The smallest absolute Gasteiger partial charge is 0.323 e. The van der Waals surface area contributed by atoms with E-state index in [9.17, 15) is 9.90 Å². The van der Waals surface area contributed by atoms with Gasteiger partial charge in [-0.25, -0.2) is 4.79 Å². The number of aromatic nitrogens is 2. The fourth-order valence-corrected chi connectivity index (χ4v) is 1.88. The summed E-state index contributed by atoms with van der Waals surface area (Å²) in [6.45, 7) is 2.98. The van der Waals surface area contributed by atoms with Crippen LogP contribution in [0.3, 0.4) is 0 Å². The van der Waals surface area contributed by atoms with Gasteiger partial charge in [0.15, 0.2) is 0 Å². The van der Waals surface area contributed by atoms with Crippen LogP contribution >= 0.6 is 0 Å². The zero-order chi connectivity index (χ0) is 14.4. The maximum absolute atomic E-state index is 10.9. The Morgan fingerprint density at radius 1 is 1.35 bits per heavy atom. The molecule has 0 spiro atoms. The van der Waals surface area contributed by atoms with E-state index in [1.165, 1.54) is 0 Å². The zero-order valence-electron chi connectivity index (χ0n) is 11.3. The summed E-state index contributed by atoms with van der Waals surface area (Å²) in [4.78, 5) is 16.0. The Kier molecular flexibility index (Phi) is 4.84. The third kappa shape index (κ3) is 4.17. The third-order valence-corrected chi connectivity index (χ3v) is 2.81. The summed E-state index contributed by atoms with van der Waals surface area (Å²) in [7, 11) is 0. The van der Waals surface area contributed by atoms with Crippen molar-refractivity contribution in [2.45, 2.75) is 19.4 Å². The lowest BCUT2D eigenvalue weighted by Gasteiger charge is -2.12. The number of hydrogen-bond donors (Lipinski definition) is 4. The van der Waals surface area contributed by atoms with Gasteiger partial charge in [-0.2, -0.15) is 0 Å². The number of ether oxygens (including phenoxy) is 1. The van der Waals surface area contributed by atoms with Gasteiger partial charge in [0.2, 0.25) is 0 Å². The van der Waals surface area contributed by atoms with E-state index in [2.05, 4.69) is 15.3 Å². The van der Waals surface area contributed by atoms with Crippen molar-refractivity contribution in [1.29, 1.82) is 0 Å². The van der Waals surface area contributed by atoms with Gasteiger partial charge < -0.3 is 25.1 Å². The molecule has 6 heteroatoms. The van der Waals surface area contributed by atoms with E-state index in [4.69, 9.17) is 4.74 Å². The second kappa shape index (κ2) is 6.81. The number of aliphatic hydroxyl groups excluding tert-OH is 1. The molecule has 1 atom stereocenters. The Bertz CT molecular complexity index is 574. The average molecular weight is 277 g/mol. The van der Waals surface area contributed by atoms with E-state index in [1.807, 2.05) is 31.2 Å². The summed E-state index contributed by atoms with van der Waals surface area (Å²) in [6.07, 6.45) is 1.39. The molecule has 2 aromatic rings.